The molecule has 2 nitrogen and oxygen atoms in total. The Morgan fingerprint density at radius 1 is 1.07 bits per heavy atom. The molecule has 1 aromatic heterocycles. The predicted octanol–water partition coefficient (Wildman–Crippen LogP) is 2.81. The molecule has 1 aromatic carbocycles. The summed E-state index contributed by atoms with van der Waals surface area (Å²) in [6.45, 7) is 2.04. The molecular formula is C13H12N2. The van der Waals surface area contributed by atoms with E-state index in [9.17, 15) is 0 Å². The highest BCUT2D eigenvalue weighted by Gasteiger charge is 2.04. The highest BCUT2D eigenvalue weighted by molar-refractivity contribution is 6.09. The van der Waals surface area contributed by atoms with E-state index >= 15 is 0 Å². The molecule has 0 saturated carbocycles. The smallest absolute Gasteiger partial charge is 0.0885 e. The SMILES string of the molecule is Cc1ccc(C(=N)c2ccccn2)cc1. The first kappa shape index (κ1) is 9.59. The first-order chi connectivity index (χ1) is 7.27. The molecule has 0 aliphatic heterocycles. The molecule has 0 spiro atoms. The second-order valence-corrected chi connectivity index (χ2v) is 3.46. The van der Waals surface area contributed by atoms with Gasteiger partial charge < -0.3 is 0 Å². The van der Waals surface area contributed by atoms with Gasteiger partial charge >= 0.3 is 0 Å². The standard InChI is InChI=1S/C13H12N2/c1-10-5-7-11(8-6-10)13(14)12-4-2-3-9-15-12/h2-9,14H,1H3. The van der Waals surface area contributed by atoms with Crippen molar-refractivity contribution in [1.82, 2.24) is 4.98 Å². The summed E-state index contributed by atoms with van der Waals surface area (Å²) in [5.41, 5.74) is 3.28. The summed E-state index contributed by atoms with van der Waals surface area (Å²) in [5.74, 6) is 0. The van der Waals surface area contributed by atoms with E-state index in [-0.39, 0.29) is 0 Å². The van der Waals surface area contributed by atoms with Crippen molar-refractivity contribution in [2.75, 3.05) is 0 Å². The van der Waals surface area contributed by atoms with Gasteiger partial charge in [-0.25, -0.2) is 0 Å². The van der Waals surface area contributed by atoms with Crippen molar-refractivity contribution in [3.63, 3.8) is 0 Å². The van der Waals surface area contributed by atoms with Crippen LogP contribution in [0.1, 0.15) is 16.8 Å². The van der Waals surface area contributed by atoms with E-state index < -0.39 is 0 Å². The third-order valence-electron chi connectivity index (χ3n) is 2.26. The Balaban J connectivity index is 2.33. The predicted molar refractivity (Wildman–Crippen MR) is 61.3 cm³/mol. The lowest BCUT2D eigenvalue weighted by Gasteiger charge is -2.03. The molecule has 0 unspecified atom stereocenters. The van der Waals surface area contributed by atoms with Gasteiger partial charge in [0.05, 0.1) is 11.4 Å². The number of aromatic nitrogens is 1. The van der Waals surface area contributed by atoms with Gasteiger partial charge in [0.1, 0.15) is 0 Å². The third kappa shape index (κ3) is 2.10. The summed E-state index contributed by atoms with van der Waals surface area (Å²) in [6, 6.07) is 13.5. The maximum absolute atomic E-state index is 7.98. The van der Waals surface area contributed by atoms with Gasteiger partial charge in [0, 0.05) is 11.8 Å². The maximum Gasteiger partial charge on any atom is 0.0885 e. The van der Waals surface area contributed by atoms with E-state index in [2.05, 4.69) is 4.98 Å². The van der Waals surface area contributed by atoms with Gasteiger partial charge in [-0.05, 0) is 19.1 Å². The number of nitrogens with zero attached hydrogens (tertiary/aromatic N) is 1. The first-order valence-corrected chi connectivity index (χ1v) is 4.84. The lowest BCUT2D eigenvalue weighted by atomic mass is 10.1. The Kier molecular flexibility index (Phi) is 2.59. The largest absolute Gasteiger partial charge is 0.298 e. The molecule has 15 heavy (non-hydrogen) atoms. The molecule has 0 radical (unpaired) electrons. The van der Waals surface area contributed by atoms with Crippen LogP contribution in [0.2, 0.25) is 0 Å². The van der Waals surface area contributed by atoms with Gasteiger partial charge in [0.25, 0.3) is 0 Å². The molecule has 1 N–H and O–H groups in total. The Bertz CT molecular complexity index is 458. The fourth-order valence-electron chi connectivity index (χ4n) is 1.38. The van der Waals surface area contributed by atoms with E-state index in [1.54, 1.807) is 6.20 Å². The molecule has 0 aliphatic rings. The number of benzene rings is 1. The van der Waals surface area contributed by atoms with Crippen molar-refractivity contribution < 1.29 is 0 Å². The lowest BCUT2D eigenvalue weighted by molar-refractivity contribution is 1.27. The molecule has 0 saturated heterocycles. The normalized spacial score (nSPS) is 9.93. The average molecular weight is 196 g/mol. The summed E-state index contributed by atoms with van der Waals surface area (Å²) in [7, 11) is 0. The zero-order chi connectivity index (χ0) is 10.7. The number of nitrogens with one attached hydrogen (secondary N) is 1. The molecule has 0 aliphatic carbocycles. The van der Waals surface area contributed by atoms with Gasteiger partial charge in [-0.1, -0.05) is 35.9 Å². The monoisotopic (exact) mass is 196 g/mol. The molecule has 0 amide bonds. The second-order valence-electron chi connectivity index (χ2n) is 3.46. The van der Waals surface area contributed by atoms with Crippen molar-refractivity contribution in [1.29, 1.82) is 5.41 Å². The van der Waals surface area contributed by atoms with Crippen molar-refractivity contribution in [3.8, 4) is 0 Å². The molecule has 0 bridgehead atoms. The molecule has 1 heterocycles. The van der Waals surface area contributed by atoms with Crippen LogP contribution < -0.4 is 0 Å². The minimum Gasteiger partial charge on any atom is -0.298 e. The van der Waals surface area contributed by atoms with Gasteiger partial charge in [-0.2, -0.15) is 0 Å². The van der Waals surface area contributed by atoms with Crippen molar-refractivity contribution >= 4 is 5.71 Å². The molecular weight excluding hydrogens is 184 g/mol. The highest BCUT2D eigenvalue weighted by atomic mass is 14.7. The molecule has 2 heteroatoms. The van der Waals surface area contributed by atoms with Crippen LogP contribution in [0.5, 0.6) is 0 Å². The Morgan fingerprint density at radius 2 is 1.80 bits per heavy atom. The van der Waals surface area contributed by atoms with E-state index in [0.29, 0.717) is 11.4 Å². The van der Waals surface area contributed by atoms with Crippen molar-refractivity contribution in [2.24, 2.45) is 0 Å². The quantitative estimate of drug-likeness (QED) is 0.737. The topological polar surface area (TPSA) is 36.7 Å². The molecule has 0 fully saturated rings. The Morgan fingerprint density at radius 3 is 2.40 bits per heavy atom. The van der Waals surface area contributed by atoms with Crippen LogP contribution in [0.3, 0.4) is 0 Å². The van der Waals surface area contributed by atoms with Gasteiger partial charge in [-0.3, -0.25) is 10.4 Å². The Hall–Kier alpha value is -1.96. The van der Waals surface area contributed by atoms with Gasteiger partial charge in [0.2, 0.25) is 0 Å². The number of pyridine rings is 1. The number of hydrogen-bond donors (Lipinski definition) is 1. The minimum absolute atomic E-state index is 0.468. The van der Waals surface area contributed by atoms with Crippen LogP contribution in [0.25, 0.3) is 0 Å². The van der Waals surface area contributed by atoms with E-state index in [1.165, 1.54) is 5.56 Å². The van der Waals surface area contributed by atoms with Gasteiger partial charge in [0.15, 0.2) is 0 Å². The second kappa shape index (κ2) is 4.05. The summed E-state index contributed by atoms with van der Waals surface area (Å²) < 4.78 is 0. The summed E-state index contributed by atoms with van der Waals surface area (Å²) in [5, 5.41) is 7.98. The minimum atomic E-state index is 0.468. The van der Waals surface area contributed by atoms with E-state index in [0.717, 1.165) is 5.56 Å². The van der Waals surface area contributed by atoms with Crippen LogP contribution >= 0.6 is 0 Å². The van der Waals surface area contributed by atoms with Gasteiger partial charge in [-0.15, -0.1) is 0 Å². The van der Waals surface area contributed by atoms with Crippen LogP contribution in [0.15, 0.2) is 48.7 Å². The maximum atomic E-state index is 7.98. The van der Waals surface area contributed by atoms with E-state index in [1.807, 2.05) is 49.4 Å². The molecule has 74 valence electrons. The summed E-state index contributed by atoms with van der Waals surface area (Å²) >= 11 is 0. The fraction of sp³-hybridized carbons (Fsp3) is 0.0769. The van der Waals surface area contributed by atoms with Crippen LogP contribution in [0, 0.1) is 12.3 Å². The van der Waals surface area contributed by atoms with Crippen molar-refractivity contribution in [2.45, 2.75) is 6.92 Å². The van der Waals surface area contributed by atoms with Crippen LogP contribution in [0.4, 0.5) is 0 Å². The average Bonchev–Trinajstić information content (AvgIpc) is 2.30. The molecule has 0 atom stereocenters. The number of rotatable bonds is 2. The Labute approximate surface area is 89.1 Å². The lowest BCUT2D eigenvalue weighted by Crippen LogP contribution is -2.03. The van der Waals surface area contributed by atoms with E-state index in [4.69, 9.17) is 5.41 Å². The summed E-state index contributed by atoms with van der Waals surface area (Å²) in [4.78, 5) is 4.15. The summed E-state index contributed by atoms with van der Waals surface area (Å²) in [6.07, 6.45) is 1.71. The molecule has 2 rings (SSSR count). The fourth-order valence-corrected chi connectivity index (χ4v) is 1.38. The zero-order valence-corrected chi connectivity index (χ0v) is 8.57. The first-order valence-electron chi connectivity index (χ1n) is 4.84. The molecule has 2 aromatic rings. The number of hydrogen-bond acceptors (Lipinski definition) is 2. The van der Waals surface area contributed by atoms with Crippen molar-refractivity contribution in [3.05, 3.63) is 65.5 Å². The zero-order valence-electron chi connectivity index (χ0n) is 8.57. The van der Waals surface area contributed by atoms with Crippen LogP contribution in [-0.2, 0) is 0 Å². The third-order valence-corrected chi connectivity index (χ3v) is 2.26. The van der Waals surface area contributed by atoms with Crippen LogP contribution in [-0.4, -0.2) is 10.7 Å². The number of aryl methyl sites for hydroxylation is 1. The highest BCUT2D eigenvalue weighted by Crippen LogP contribution is 2.08.